The molecule has 3 rings (SSSR count). The molecule has 1 aliphatic rings. The summed E-state index contributed by atoms with van der Waals surface area (Å²) in [5, 5.41) is 5.33. The van der Waals surface area contributed by atoms with Crippen LogP contribution in [0.2, 0.25) is 0 Å². The zero-order valence-electron chi connectivity index (χ0n) is 17.9. The molecule has 0 spiro atoms. The van der Waals surface area contributed by atoms with E-state index in [1.54, 1.807) is 43.3 Å². The summed E-state index contributed by atoms with van der Waals surface area (Å²) in [6.07, 6.45) is -1.10. The van der Waals surface area contributed by atoms with Crippen LogP contribution in [0.4, 0.5) is 10.5 Å². The number of benzene rings is 2. The summed E-state index contributed by atoms with van der Waals surface area (Å²) in [6.45, 7) is 6.22. The van der Waals surface area contributed by atoms with E-state index in [9.17, 15) is 19.2 Å². The molecule has 8 heteroatoms. The number of carbonyl (C=O) groups is 4. The van der Waals surface area contributed by atoms with E-state index in [1.807, 2.05) is 26.0 Å². The van der Waals surface area contributed by atoms with E-state index in [2.05, 4.69) is 10.6 Å². The molecular weight excluding hydrogens is 398 g/mol. The molecule has 1 saturated heterocycles. The fraction of sp³-hybridized carbons (Fsp3) is 0.304. The van der Waals surface area contributed by atoms with Crippen molar-refractivity contribution in [2.75, 3.05) is 11.9 Å². The van der Waals surface area contributed by atoms with E-state index in [4.69, 9.17) is 4.74 Å². The Morgan fingerprint density at radius 1 is 1.13 bits per heavy atom. The molecule has 2 N–H and O–H groups in total. The molecule has 2 aromatic carbocycles. The third-order valence-corrected chi connectivity index (χ3v) is 5.23. The van der Waals surface area contributed by atoms with Gasteiger partial charge in [-0.3, -0.25) is 19.3 Å². The number of hydrogen-bond donors (Lipinski definition) is 2. The predicted octanol–water partition coefficient (Wildman–Crippen LogP) is 2.64. The number of amides is 4. The Morgan fingerprint density at radius 2 is 1.81 bits per heavy atom. The quantitative estimate of drug-likeness (QED) is 0.549. The van der Waals surface area contributed by atoms with Crippen LogP contribution in [-0.4, -0.2) is 41.4 Å². The summed E-state index contributed by atoms with van der Waals surface area (Å²) in [6, 6.07) is 13.6. The first kappa shape index (κ1) is 22.0. The van der Waals surface area contributed by atoms with Crippen LogP contribution in [0.15, 0.2) is 48.5 Å². The molecule has 1 fully saturated rings. The number of imide groups is 1. The van der Waals surface area contributed by atoms with Crippen molar-refractivity contribution in [3.05, 3.63) is 65.2 Å². The molecule has 0 bridgehead atoms. The standard InChI is InChI=1S/C23H25N3O5/c1-14-10-11-18(15(2)12-14)24-20(28)16(3)31-19(27)13-26-21(29)23(4,25-22(26)30)17-8-6-5-7-9-17/h5-12,16H,13H2,1-4H3,(H,24,28)(H,25,30)/t16-,23+/m0/s1. The zero-order chi connectivity index (χ0) is 22.8. The maximum Gasteiger partial charge on any atom is 0.327 e. The molecule has 0 saturated carbocycles. The van der Waals surface area contributed by atoms with Crippen LogP contribution in [0.5, 0.6) is 0 Å². The molecule has 8 nitrogen and oxygen atoms in total. The van der Waals surface area contributed by atoms with Crippen LogP contribution in [-0.2, 0) is 24.7 Å². The average molecular weight is 423 g/mol. The number of esters is 1. The number of carbonyl (C=O) groups excluding carboxylic acids is 4. The smallest absolute Gasteiger partial charge is 0.327 e. The molecule has 1 heterocycles. The number of ether oxygens (including phenoxy) is 1. The van der Waals surface area contributed by atoms with Gasteiger partial charge in [-0.1, -0.05) is 48.0 Å². The van der Waals surface area contributed by atoms with Gasteiger partial charge in [0.15, 0.2) is 6.10 Å². The largest absolute Gasteiger partial charge is 0.451 e. The van der Waals surface area contributed by atoms with Crippen molar-refractivity contribution in [2.45, 2.75) is 39.3 Å². The van der Waals surface area contributed by atoms with E-state index in [0.29, 0.717) is 11.3 Å². The second-order valence-corrected chi connectivity index (χ2v) is 7.75. The van der Waals surface area contributed by atoms with Crippen LogP contribution < -0.4 is 10.6 Å². The molecule has 0 aromatic heterocycles. The lowest BCUT2D eigenvalue weighted by atomic mass is 9.92. The Balaban J connectivity index is 1.61. The first-order valence-electron chi connectivity index (χ1n) is 9.89. The van der Waals surface area contributed by atoms with Gasteiger partial charge in [0.05, 0.1) is 0 Å². The highest BCUT2D eigenvalue weighted by molar-refractivity contribution is 6.09. The van der Waals surface area contributed by atoms with E-state index in [0.717, 1.165) is 16.0 Å². The van der Waals surface area contributed by atoms with Crippen molar-refractivity contribution < 1.29 is 23.9 Å². The lowest BCUT2D eigenvalue weighted by Crippen LogP contribution is -2.42. The molecule has 0 aliphatic carbocycles. The lowest BCUT2D eigenvalue weighted by molar-refractivity contribution is -0.155. The van der Waals surface area contributed by atoms with Crippen molar-refractivity contribution in [1.82, 2.24) is 10.2 Å². The second kappa shape index (κ2) is 8.59. The van der Waals surface area contributed by atoms with Gasteiger partial charge in [-0.2, -0.15) is 0 Å². The van der Waals surface area contributed by atoms with Crippen LogP contribution in [0.1, 0.15) is 30.5 Å². The maximum atomic E-state index is 12.9. The SMILES string of the molecule is Cc1ccc(NC(=O)[C@H](C)OC(=O)CN2C(=O)N[C@](C)(c3ccccc3)C2=O)c(C)c1. The average Bonchev–Trinajstić information content (AvgIpc) is 2.94. The highest BCUT2D eigenvalue weighted by Gasteiger charge is 2.49. The topological polar surface area (TPSA) is 105 Å². The molecule has 162 valence electrons. The first-order valence-corrected chi connectivity index (χ1v) is 9.89. The van der Waals surface area contributed by atoms with Crippen molar-refractivity contribution in [3.63, 3.8) is 0 Å². The molecule has 4 amide bonds. The van der Waals surface area contributed by atoms with Crippen molar-refractivity contribution in [1.29, 1.82) is 0 Å². The van der Waals surface area contributed by atoms with Gasteiger partial charge in [0, 0.05) is 5.69 Å². The number of aryl methyl sites for hydroxylation is 2. The number of hydrogen-bond acceptors (Lipinski definition) is 5. The highest BCUT2D eigenvalue weighted by atomic mass is 16.5. The minimum atomic E-state index is -1.27. The molecule has 2 aromatic rings. The minimum absolute atomic E-state index is 0.508. The monoisotopic (exact) mass is 423 g/mol. The Bertz CT molecular complexity index is 1040. The first-order chi connectivity index (χ1) is 14.6. The highest BCUT2D eigenvalue weighted by Crippen LogP contribution is 2.28. The third-order valence-electron chi connectivity index (χ3n) is 5.23. The molecule has 31 heavy (non-hydrogen) atoms. The van der Waals surface area contributed by atoms with Gasteiger partial charge in [0.2, 0.25) is 0 Å². The molecule has 1 aliphatic heterocycles. The summed E-state index contributed by atoms with van der Waals surface area (Å²) in [4.78, 5) is 50.7. The van der Waals surface area contributed by atoms with Gasteiger partial charge >= 0.3 is 12.0 Å². The van der Waals surface area contributed by atoms with Crippen LogP contribution in [0.3, 0.4) is 0 Å². The Morgan fingerprint density at radius 3 is 2.45 bits per heavy atom. The fourth-order valence-electron chi connectivity index (χ4n) is 3.41. The Hall–Kier alpha value is -3.68. The molecular formula is C23H25N3O5. The van der Waals surface area contributed by atoms with E-state index in [-0.39, 0.29) is 0 Å². The zero-order valence-corrected chi connectivity index (χ0v) is 17.9. The molecule has 2 atom stereocenters. The van der Waals surface area contributed by atoms with Crippen LogP contribution in [0, 0.1) is 13.8 Å². The van der Waals surface area contributed by atoms with E-state index in [1.165, 1.54) is 6.92 Å². The Kier molecular flexibility index (Phi) is 6.10. The number of nitrogens with zero attached hydrogens (tertiary/aromatic N) is 1. The van der Waals surface area contributed by atoms with Gasteiger partial charge < -0.3 is 15.4 Å². The van der Waals surface area contributed by atoms with Crippen LogP contribution in [0.25, 0.3) is 0 Å². The van der Waals surface area contributed by atoms with Gasteiger partial charge in [-0.05, 0) is 44.9 Å². The minimum Gasteiger partial charge on any atom is -0.451 e. The second-order valence-electron chi connectivity index (χ2n) is 7.75. The van der Waals surface area contributed by atoms with Gasteiger partial charge in [-0.25, -0.2) is 4.79 Å². The van der Waals surface area contributed by atoms with Crippen molar-refractivity contribution in [2.24, 2.45) is 0 Å². The number of anilines is 1. The fourth-order valence-corrected chi connectivity index (χ4v) is 3.41. The summed E-state index contributed by atoms with van der Waals surface area (Å²) in [5.74, 6) is -1.93. The molecule has 0 radical (unpaired) electrons. The van der Waals surface area contributed by atoms with Crippen molar-refractivity contribution >= 4 is 29.5 Å². The van der Waals surface area contributed by atoms with E-state index < -0.39 is 42.0 Å². The van der Waals surface area contributed by atoms with Gasteiger partial charge in [0.25, 0.3) is 11.8 Å². The summed E-state index contributed by atoms with van der Waals surface area (Å²) in [5.41, 5.74) is 1.89. The normalized spacial score (nSPS) is 19.0. The Labute approximate surface area is 180 Å². The number of urea groups is 1. The van der Waals surface area contributed by atoms with Crippen LogP contribution >= 0.6 is 0 Å². The molecule has 0 unspecified atom stereocenters. The summed E-state index contributed by atoms with van der Waals surface area (Å²) >= 11 is 0. The summed E-state index contributed by atoms with van der Waals surface area (Å²) < 4.78 is 5.16. The van der Waals surface area contributed by atoms with Gasteiger partial charge in [0.1, 0.15) is 12.1 Å². The number of rotatable bonds is 6. The van der Waals surface area contributed by atoms with Gasteiger partial charge in [-0.15, -0.1) is 0 Å². The summed E-state index contributed by atoms with van der Waals surface area (Å²) in [7, 11) is 0. The predicted molar refractivity (Wildman–Crippen MR) is 114 cm³/mol. The van der Waals surface area contributed by atoms with E-state index >= 15 is 0 Å². The third kappa shape index (κ3) is 4.58. The van der Waals surface area contributed by atoms with Crippen molar-refractivity contribution in [3.8, 4) is 0 Å². The lowest BCUT2D eigenvalue weighted by Gasteiger charge is -2.22. The number of nitrogens with one attached hydrogen (secondary N) is 2. The maximum absolute atomic E-state index is 12.9.